The van der Waals surface area contributed by atoms with E-state index >= 15 is 0 Å². The fourth-order valence-electron chi connectivity index (χ4n) is 4.10. The zero-order chi connectivity index (χ0) is 22.3. The number of nitrogens with zero attached hydrogens (tertiary/aromatic N) is 1. The van der Waals surface area contributed by atoms with Gasteiger partial charge in [-0.25, -0.2) is 0 Å². The Morgan fingerprint density at radius 3 is 2.55 bits per heavy atom. The van der Waals surface area contributed by atoms with Crippen LogP contribution in [0.5, 0.6) is 11.5 Å². The van der Waals surface area contributed by atoms with E-state index in [2.05, 4.69) is 0 Å². The summed E-state index contributed by atoms with van der Waals surface area (Å²) in [7, 11) is 3.06. The SMILES string of the molecule is COCCCN1C(=O)c2oc3cc(C)c(C)cc3c(=O)c2C1c1ccc(O)c(OC)c1. The van der Waals surface area contributed by atoms with Gasteiger partial charge in [0.05, 0.1) is 24.1 Å². The van der Waals surface area contributed by atoms with Gasteiger partial charge >= 0.3 is 0 Å². The second-order valence-corrected chi connectivity index (χ2v) is 7.79. The first-order chi connectivity index (χ1) is 14.9. The van der Waals surface area contributed by atoms with E-state index in [9.17, 15) is 14.7 Å². The van der Waals surface area contributed by atoms with E-state index in [4.69, 9.17) is 13.9 Å². The van der Waals surface area contributed by atoms with Crippen molar-refractivity contribution in [3.63, 3.8) is 0 Å². The Kier molecular flexibility index (Phi) is 5.45. The molecule has 31 heavy (non-hydrogen) atoms. The van der Waals surface area contributed by atoms with Crippen LogP contribution < -0.4 is 10.2 Å². The first-order valence-electron chi connectivity index (χ1n) is 10.1. The number of phenols is 1. The maximum atomic E-state index is 13.6. The lowest BCUT2D eigenvalue weighted by molar-refractivity contribution is 0.0707. The van der Waals surface area contributed by atoms with Crippen molar-refractivity contribution in [2.45, 2.75) is 26.3 Å². The molecule has 1 N–H and O–H groups in total. The fourth-order valence-corrected chi connectivity index (χ4v) is 4.10. The van der Waals surface area contributed by atoms with Gasteiger partial charge in [0, 0.05) is 20.3 Å². The van der Waals surface area contributed by atoms with E-state index in [1.54, 1.807) is 30.2 Å². The average molecular weight is 423 g/mol. The summed E-state index contributed by atoms with van der Waals surface area (Å²) in [6.07, 6.45) is 0.605. The van der Waals surface area contributed by atoms with Crippen molar-refractivity contribution in [2.75, 3.05) is 27.4 Å². The molecule has 2 heterocycles. The third-order valence-electron chi connectivity index (χ3n) is 5.85. The Balaban J connectivity index is 1.95. The summed E-state index contributed by atoms with van der Waals surface area (Å²) in [5.74, 6) is -0.0131. The van der Waals surface area contributed by atoms with Gasteiger partial charge in [-0.3, -0.25) is 9.59 Å². The van der Waals surface area contributed by atoms with Gasteiger partial charge in [-0.2, -0.15) is 0 Å². The Morgan fingerprint density at radius 1 is 1.10 bits per heavy atom. The van der Waals surface area contributed by atoms with Crippen molar-refractivity contribution in [1.29, 1.82) is 0 Å². The largest absolute Gasteiger partial charge is 0.504 e. The van der Waals surface area contributed by atoms with Crippen LogP contribution in [-0.4, -0.2) is 43.3 Å². The van der Waals surface area contributed by atoms with Crippen molar-refractivity contribution in [3.05, 3.63) is 68.6 Å². The van der Waals surface area contributed by atoms with E-state index in [0.29, 0.717) is 41.7 Å². The lowest BCUT2D eigenvalue weighted by Crippen LogP contribution is -2.31. The molecule has 1 unspecified atom stereocenters. The molecule has 0 fully saturated rings. The van der Waals surface area contributed by atoms with Gasteiger partial charge in [-0.05, 0) is 61.2 Å². The number of amides is 1. The van der Waals surface area contributed by atoms with Crippen LogP contribution in [0.1, 0.15) is 45.3 Å². The van der Waals surface area contributed by atoms with E-state index in [-0.39, 0.29) is 28.6 Å². The predicted molar refractivity (Wildman–Crippen MR) is 116 cm³/mol. The van der Waals surface area contributed by atoms with Crippen LogP contribution in [-0.2, 0) is 4.74 Å². The Hall–Kier alpha value is -3.32. The number of aromatic hydroxyl groups is 1. The minimum Gasteiger partial charge on any atom is -0.504 e. The van der Waals surface area contributed by atoms with Gasteiger partial charge in [0.15, 0.2) is 16.9 Å². The van der Waals surface area contributed by atoms with Crippen molar-refractivity contribution < 1.29 is 23.8 Å². The standard InChI is InChI=1S/C24H25NO6/c1-13-10-16-18(11-14(13)2)31-23-20(22(16)27)21(25(24(23)28)8-5-9-29-3)15-6-7-17(26)19(12-15)30-4/h6-7,10-12,21,26H,5,8-9H2,1-4H3. The summed E-state index contributed by atoms with van der Waals surface area (Å²) < 4.78 is 16.4. The molecule has 7 nitrogen and oxygen atoms in total. The maximum absolute atomic E-state index is 13.6. The molecule has 0 radical (unpaired) electrons. The molecule has 0 aliphatic carbocycles. The van der Waals surface area contributed by atoms with Crippen molar-refractivity contribution >= 4 is 16.9 Å². The smallest absolute Gasteiger partial charge is 0.290 e. The number of carbonyl (C=O) groups excluding carboxylic acids is 1. The number of rotatable bonds is 6. The van der Waals surface area contributed by atoms with Gasteiger partial charge < -0.3 is 23.9 Å². The molecular formula is C24H25NO6. The lowest BCUT2D eigenvalue weighted by Gasteiger charge is -2.25. The number of methoxy groups -OCH3 is 2. The van der Waals surface area contributed by atoms with Gasteiger partial charge in [-0.15, -0.1) is 0 Å². The van der Waals surface area contributed by atoms with Crippen LogP contribution in [0.4, 0.5) is 0 Å². The number of hydrogen-bond acceptors (Lipinski definition) is 6. The quantitative estimate of drug-likeness (QED) is 0.608. The van der Waals surface area contributed by atoms with Gasteiger partial charge in [0.1, 0.15) is 5.58 Å². The fraction of sp³-hybridized carbons (Fsp3) is 0.333. The highest BCUT2D eigenvalue weighted by Gasteiger charge is 2.42. The molecule has 1 amide bonds. The molecule has 2 aromatic carbocycles. The van der Waals surface area contributed by atoms with Crippen molar-refractivity contribution in [2.24, 2.45) is 0 Å². The Bertz CT molecular complexity index is 1230. The van der Waals surface area contributed by atoms with Crippen LogP contribution in [0, 0.1) is 13.8 Å². The Labute approximate surface area is 179 Å². The van der Waals surface area contributed by atoms with Crippen LogP contribution >= 0.6 is 0 Å². The highest BCUT2D eigenvalue weighted by atomic mass is 16.5. The number of benzene rings is 2. The van der Waals surface area contributed by atoms with Crippen LogP contribution in [0.25, 0.3) is 11.0 Å². The summed E-state index contributed by atoms with van der Waals surface area (Å²) in [5, 5.41) is 10.5. The van der Waals surface area contributed by atoms with E-state index in [1.165, 1.54) is 13.2 Å². The molecular weight excluding hydrogens is 398 g/mol. The van der Waals surface area contributed by atoms with E-state index in [1.807, 2.05) is 19.9 Å². The number of ether oxygens (including phenoxy) is 2. The molecule has 1 aliphatic rings. The molecule has 1 aromatic heterocycles. The van der Waals surface area contributed by atoms with E-state index in [0.717, 1.165) is 11.1 Å². The summed E-state index contributed by atoms with van der Waals surface area (Å²) in [5.41, 5.74) is 3.11. The molecule has 3 aromatic rings. The highest BCUT2D eigenvalue weighted by molar-refractivity contribution is 5.99. The molecule has 4 rings (SSSR count). The molecule has 162 valence electrons. The monoisotopic (exact) mass is 423 g/mol. The minimum absolute atomic E-state index is 0.0154. The van der Waals surface area contributed by atoms with Gasteiger partial charge in [-0.1, -0.05) is 6.07 Å². The number of aryl methyl sites for hydroxylation is 2. The zero-order valence-electron chi connectivity index (χ0n) is 18.0. The Morgan fingerprint density at radius 2 is 1.84 bits per heavy atom. The second kappa shape index (κ2) is 8.07. The van der Waals surface area contributed by atoms with Crippen molar-refractivity contribution in [3.8, 4) is 11.5 Å². The highest BCUT2D eigenvalue weighted by Crippen LogP contribution is 2.40. The van der Waals surface area contributed by atoms with Crippen molar-refractivity contribution in [1.82, 2.24) is 4.90 Å². The average Bonchev–Trinajstić information content (AvgIpc) is 3.02. The number of carbonyl (C=O) groups is 1. The summed E-state index contributed by atoms with van der Waals surface area (Å²) in [6.45, 7) is 4.74. The predicted octanol–water partition coefficient (Wildman–Crippen LogP) is 3.71. The van der Waals surface area contributed by atoms with Gasteiger partial charge in [0.2, 0.25) is 5.76 Å². The molecule has 1 atom stereocenters. The molecule has 1 aliphatic heterocycles. The first kappa shape index (κ1) is 20.9. The number of phenolic OH excluding ortho intramolecular Hbond substituents is 1. The summed E-state index contributed by atoms with van der Waals surface area (Å²) in [6, 6.07) is 7.81. The summed E-state index contributed by atoms with van der Waals surface area (Å²) >= 11 is 0. The van der Waals surface area contributed by atoms with E-state index < -0.39 is 6.04 Å². The first-order valence-corrected chi connectivity index (χ1v) is 10.1. The third-order valence-corrected chi connectivity index (χ3v) is 5.85. The molecule has 0 saturated carbocycles. The lowest BCUT2D eigenvalue weighted by atomic mass is 9.97. The molecule has 0 saturated heterocycles. The summed E-state index contributed by atoms with van der Waals surface area (Å²) in [4.78, 5) is 28.5. The number of fused-ring (bicyclic) bond motifs is 2. The molecule has 7 heteroatoms. The topological polar surface area (TPSA) is 89.2 Å². The zero-order valence-corrected chi connectivity index (χ0v) is 18.0. The second-order valence-electron chi connectivity index (χ2n) is 7.79. The van der Waals surface area contributed by atoms with Gasteiger partial charge in [0.25, 0.3) is 5.91 Å². The normalized spacial score (nSPS) is 15.5. The third kappa shape index (κ3) is 3.45. The maximum Gasteiger partial charge on any atom is 0.290 e. The molecule has 0 spiro atoms. The minimum atomic E-state index is -0.642. The molecule has 0 bridgehead atoms. The van der Waals surface area contributed by atoms with Crippen LogP contribution in [0.3, 0.4) is 0 Å². The van der Waals surface area contributed by atoms with Crippen LogP contribution in [0.2, 0.25) is 0 Å². The number of hydrogen-bond donors (Lipinski definition) is 1. The van der Waals surface area contributed by atoms with Crippen LogP contribution in [0.15, 0.2) is 39.5 Å².